The number of nitrogens with zero attached hydrogens (tertiary/aromatic N) is 2. The first-order valence-corrected chi connectivity index (χ1v) is 6.86. The quantitative estimate of drug-likeness (QED) is 0.895. The summed E-state index contributed by atoms with van der Waals surface area (Å²) in [5, 5.41) is 13.8. The zero-order valence-corrected chi connectivity index (χ0v) is 11.0. The monoisotopic (exact) mass is 258 g/mol. The van der Waals surface area contributed by atoms with Crippen molar-refractivity contribution < 1.29 is 9.63 Å². The van der Waals surface area contributed by atoms with Crippen LogP contribution in [0.15, 0.2) is 28.8 Å². The maximum absolute atomic E-state index is 9.86. The summed E-state index contributed by atoms with van der Waals surface area (Å²) >= 11 is 0. The van der Waals surface area contributed by atoms with Crippen molar-refractivity contribution in [3.8, 4) is 11.4 Å². The van der Waals surface area contributed by atoms with Crippen LogP contribution in [0.25, 0.3) is 11.4 Å². The maximum atomic E-state index is 9.86. The van der Waals surface area contributed by atoms with Crippen molar-refractivity contribution in [2.45, 2.75) is 38.7 Å². The lowest BCUT2D eigenvalue weighted by molar-refractivity contribution is 0.140. The van der Waals surface area contributed by atoms with E-state index in [1.165, 1.54) is 5.56 Å². The van der Waals surface area contributed by atoms with Gasteiger partial charge in [-0.2, -0.15) is 4.98 Å². The Hall–Kier alpha value is -1.68. The SMILES string of the molecule is CCc1ccc(-c2noc(CC(O)C3CC3)n2)cc1. The first-order chi connectivity index (χ1) is 9.26. The molecule has 1 aliphatic carbocycles. The van der Waals surface area contributed by atoms with Gasteiger partial charge in [-0.3, -0.25) is 0 Å². The molecular weight excluding hydrogens is 240 g/mol. The second kappa shape index (κ2) is 5.13. The molecule has 1 aliphatic rings. The Bertz CT molecular complexity index is 544. The average Bonchev–Trinajstić information content (AvgIpc) is 3.20. The van der Waals surface area contributed by atoms with E-state index in [0.717, 1.165) is 24.8 Å². The minimum absolute atomic E-state index is 0.337. The lowest BCUT2D eigenvalue weighted by atomic mass is 10.1. The van der Waals surface area contributed by atoms with Gasteiger partial charge in [0.25, 0.3) is 0 Å². The Labute approximate surface area is 112 Å². The third-order valence-corrected chi connectivity index (χ3v) is 3.64. The number of aromatic nitrogens is 2. The molecule has 1 heterocycles. The molecule has 4 nitrogen and oxygen atoms in total. The number of benzene rings is 1. The number of hydrogen-bond acceptors (Lipinski definition) is 4. The van der Waals surface area contributed by atoms with Gasteiger partial charge in [0.05, 0.1) is 12.5 Å². The maximum Gasteiger partial charge on any atom is 0.229 e. The Morgan fingerprint density at radius 3 is 2.68 bits per heavy atom. The Kier molecular flexibility index (Phi) is 3.34. The smallest absolute Gasteiger partial charge is 0.229 e. The summed E-state index contributed by atoms with van der Waals surface area (Å²) < 4.78 is 5.20. The van der Waals surface area contributed by atoms with E-state index in [4.69, 9.17) is 4.52 Å². The molecule has 100 valence electrons. The van der Waals surface area contributed by atoms with Crippen molar-refractivity contribution in [2.24, 2.45) is 5.92 Å². The van der Waals surface area contributed by atoms with Crippen LogP contribution in [0.3, 0.4) is 0 Å². The van der Waals surface area contributed by atoms with E-state index in [0.29, 0.717) is 24.1 Å². The standard InChI is InChI=1S/C15H18N2O2/c1-2-10-3-5-12(6-4-10)15-16-14(19-17-15)9-13(18)11-7-8-11/h3-6,11,13,18H,2,7-9H2,1H3. The fourth-order valence-electron chi connectivity index (χ4n) is 2.17. The molecule has 0 aliphatic heterocycles. The van der Waals surface area contributed by atoms with Crippen LogP contribution < -0.4 is 0 Å². The largest absolute Gasteiger partial charge is 0.392 e. The molecule has 1 fully saturated rings. The predicted molar refractivity (Wildman–Crippen MR) is 71.5 cm³/mol. The summed E-state index contributed by atoms with van der Waals surface area (Å²) in [5.74, 6) is 1.55. The highest BCUT2D eigenvalue weighted by atomic mass is 16.5. The molecule has 4 heteroatoms. The molecule has 0 radical (unpaired) electrons. The van der Waals surface area contributed by atoms with Crippen molar-refractivity contribution in [1.29, 1.82) is 0 Å². The molecule has 1 aromatic carbocycles. The van der Waals surface area contributed by atoms with Crippen LogP contribution in [0.5, 0.6) is 0 Å². The van der Waals surface area contributed by atoms with Gasteiger partial charge in [-0.25, -0.2) is 0 Å². The summed E-state index contributed by atoms with van der Waals surface area (Å²) in [6.45, 7) is 2.13. The van der Waals surface area contributed by atoms with E-state index in [1.807, 2.05) is 12.1 Å². The molecule has 1 unspecified atom stereocenters. The summed E-state index contributed by atoms with van der Waals surface area (Å²) in [7, 11) is 0. The molecule has 0 bridgehead atoms. The number of aryl methyl sites for hydroxylation is 1. The molecule has 0 spiro atoms. The fourth-order valence-corrected chi connectivity index (χ4v) is 2.17. The summed E-state index contributed by atoms with van der Waals surface area (Å²) in [5.41, 5.74) is 2.24. The molecule has 2 aromatic rings. The van der Waals surface area contributed by atoms with Crippen molar-refractivity contribution in [3.05, 3.63) is 35.7 Å². The molecule has 1 N–H and O–H groups in total. The molecule has 0 amide bonds. The van der Waals surface area contributed by atoms with Gasteiger partial charge in [-0.15, -0.1) is 0 Å². The number of rotatable bonds is 5. The van der Waals surface area contributed by atoms with Crippen LogP contribution >= 0.6 is 0 Å². The number of aliphatic hydroxyl groups is 1. The minimum Gasteiger partial charge on any atom is -0.392 e. The lowest BCUT2D eigenvalue weighted by Gasteiger charge is -2.03. The third-order valence-electron chi connectivity index (χ3n) is 3.64. The van der Waals surface area contributed by atoms with Crippen LogP contribution in [0.4, 0.5) is 0 Å². The van der Waals surface area contributed by atoms with Crippen molar-refractivity contribution in [2.75, 3.05) is 0 Å². The van der Waals surface area contributed by atoms with Crippen LogP contribution in [0.1, 0.15) is 31.2 Å². The molecule has 0 saturated heterocycles. The van der Waals surface area contributed by atoms with Crippen LogP contribution in [-0.4, -0.2) is 21.4 Å². The van der Waals surface area contributed by atoms with Crippen LogP contribution in [-0.2, 0) is 12.8 Å². The van der Waals surface area contributed by atoms with Crippen molar-refractivity contribution in [3.63, 3.8) is 0 Å². The van der Waals surface area contributed by atoms with E-state index in [-0.39, 0.29) is 6.10 Å². The van der Waals surface area contributed by atoms with E-state index in [1.54, 1.807) is 0 Å². The van der Waals surface area contributed by atoms with Gasteiger partial charge >= 0.3 is 0 Å². The summed E-state index contributed by atoms with van der Waals surface area (Å²) in [4.78, 5) is 4.35. The Morgan fingerprint density at radius 1 is 1.32 bits per heavy atom. The molecule has 19 heavy (non-hydrogen) atoms. The molecular formula is C15H18N2O2. The first kappa shape index (κ1) is 12.4. The highest BCUT2D eigenvalue weighted by Crippen LogP contribution is 2.33. The highest BCUT2D eigenvalue weighted by Gasteiger charge is 2.31. The zero-order chi connectivity index (χ0) is 13.2. The van der Waals surface area contributed by atoms with Crippen molar-refractivity contribution >= 4 is 0 Å². The van der Waals surface area contributed by atoms with Gasteiger partial charge in [0.1, 0.15) is 0 Å². The second-order valence-corrected chi connectivity index (χ2v) is 5.17. The van der Waals surface area contributed by atoms with Gasteiger partial charge < -0.3 is 9.63 Å². The highest BCUT2D eigenvalue weighted by molar-refractivity contribution is 5.54. The molecule has 1 atom stereocenters. The Morgan fingerprint density at radius 2 is 2.05 bits per heavy atom. The summed E-state index contributed by atoms with van der Waals surface area (Å²) in [6, 6.07) is 8.16. The van der Waals surface area contributed by atoms with E-state index in [9.17, 15) is 5.11 Å². The van der Waals surface area contributed by atoms with E-state index >= 15 is 0 Å². The molecule has 1 saturated carbocycles. The topological polar surface area (TPSA) is 59.2 Å². The lowest BCUT2D eigenvalue weighted by Crippen LogP contribution is -2.12. The van der Waals surface area contributed by atoms with Crippen LogP contribution in [0.2, 0.25) is 0 Å². The van der Waals surface area contributed by atoms with E-state index < -0.39 is 0 Å². The minimum atomic E-state index is -0.337. The van der Waals surface area contributed by atoms with Gasteiger partial charge in [0, 0.05) is 5.56 Å². The third kappa shape index (κ3) is 2.84. The average molecular weight is 258 g/mol. The normalized spacial score (nSPS) is 16.5. The first-order valence-electron chi connectivity index (χ1n) is 6.86. The Balaban J connectivity index is 1.72. The van der Waals surface area contributed by atoms with Crippen LogP contribution in [0, 0.1) is 5.92 Å². The van der Waals surface area contributed by atoms with Gasteiger partial charge in [-0.1, -0.05) is 36.3 Å². The number of hydrogen-bond donors (Lipinski definition) is 1. The second-order valence-electron chi connectivity index (χ2n) is 5.17. The molecule has 1 aromatic heterocycles. The predicted octanol–water partition coefficient (Wildman–Crippen LogP) is 2.61. The molecule has 3 rings (SSSR count). The summed E-state index contributed by atoms with van der Waals surface area (Å²) in [6.07, 6.45) is 3.37. The van der Waals surface area contributed by atoms with E-state index in [2.05, 4.69) is 29.2 Å². The van der Waals surface area contributed by atoms with Gasteiger partial charge in [0.2, 0.25) is 11.7 Å². The van der Waals surface area contributed by atoms with Crippen molar-refractivity contribution in [1.82, 2.24) is 10.1 Å². The van der Waals surface area contributed by atoms with Gasteiger partial charge in [-0.05, 0) is 30.7 Å². The van der Waals surface area contributed by atoms with Gasteiger partial charge in [0.15, 0.2) is 0 Å². The fraction of sp³-hybridized carbons (Fsp3) is 0.467. The zero-order valence-electron chi connectivity index (χ0n) is 11.0. The number of aliphatic hydroxyl groups excluding tert-OH is 1.